The Bertz CT molecular complexity index is 996. The van der Waals surface area contributed by atoms with E-state index < -0.39 is 0 Å². The van der Waals surface area contributed by atoms with E-state index in [4.69, 9.17) is 4.74 Å². The minimum atomic E-state index is 0.404. The van der Waals surface area contributed by atoms with Crippen molar-refractivity contribution in [3.05, 3.63) is 66.1 Å². The number of ether oxygens (including phenoxy) is 1. The number of aromatic nitrogens is 3. The van der Waals surface area contributed by atoms with E-state index in [1.54, 1.807) is 0 Å². The molecule has 0 radical (unpaired) electrons. The van der Waals surface area contributed by atoms with Gasteiger partial charge in [-0.1, -0.05) is 0 Å². The van der Waals surface area contributed by atoms with Gasteiger partial charge >= 0.3 is 0 Å². The van der Waals surface area contributed by atoms with Crippen LogP contribution in [0.25, 0.3) is 0 Å². The van der Waals surface area contributed by atoms with Crippen LogP contribution in [0.15, 0.2) is 60.0 Å². The predicted octanol–water partition coefficient (Wildman–Crippen LogP) is 3.61. The first-order valence-electron chi connectivity index (χ1n) is 9.38. The van der Waals surface area contributed by atoms with E-state index >= 15 is 0 Å². The molecule has 5 rings (SSSR count). The molecule has 0 aliphatic carbocycles. The molecule has 2 aliphatic heterocycles. The molecule has 0 saturated carbocycles. The summed E-state index contributed by atoms with van der Waals surface area (Å²) in [5.74, 6) is 1.89. The summed E-state index contributed by atoms with van der Waals surface area (Å²) in [5.41, 5.74) is 4.28. The molecule has 1 saturated heterocycles. The molecule has 1 fully saturated rings. The van der Waals surface area contributed by atoms with Gasteiger partial charge in [0.05, 0.1) is 24.0 Å². The Morgan fingerprint density at radius 1 is 1.19 bits per heavy atom. The van der Waals surface area contributed by atoms with Crippen molar-refractivity contribution in [2.45, 2.75) is 19.4 Å². The molecule has 1 unspecified atom stereocenters. The van der Waals surface area contributed by atoms with Crippen LogP contribution in [-0.2, 0) is 0 Å². The van der Waals surface area contributed by atoms with Crippen molar-refractivity contribution < 1.29 is 4.74 Å². The van der Waals surface area contributed by atoms with Gasteiger partial charge in [0.15, 0.2) is 0 Å². The Balaban J connectivity index is 1.37. The zero-order valence-electron chi connectivity index (χ0n) is 15.2. The van der Waals surface area contributed by atoms with Crippen LogP contribution in [0.1, 0.15) is 30.5 Å². The maximum Gasteiger partial charge on any atom is 0.129 e. The number of rotatable bonds is 5. The van der Waals surface area contributed by atoms with Gasteiger partial charge in [-0.2, -0.15) is 5.10 Å². The molecule has 2 aromatic heterocycles. The monoisotopic (exact) mass is 359 g/mol. The number of fused-ring (bicyclic) bond motifs is 1. The summed E-state index contributed by atoms with van der Waals surface area (Å²) in [4.78, 5) is 11.6. The van der Waals surface area contributed by atoms with E-state index in [9.17, 15) is 0 Å². The van der Waals surface area contributed by atoms with Gasteiger partial charge in [-0.3, -0.25) is 4.68 Å². The van der Waals surface area contributed by atoms with Crippen LogP contribution in [0.4, 0.5) is 11.5 Å². The van der Waals surface area contributed by atoms with Crippen LogP contribution >= 0.6 is 0 Å². The fourth-order valence-corrected chi connectivity index (χ4v) is 3.81. The zero-order chi connectivity index (χ0) is 18.2. The topological polar surface area (TPSA) is 55.5 Å². The average Bonchev–Trinajstić information content (AvgIpc) is 3.36. The Kier molecular flexibility index (Phi) is 3.89. The summed E-state index contributed by atoms with van der Waals surface area (Å²) in [6.07, 6.45) is 6.83. The largest absolute Gasteiger partial charge is 0.494 e. The van der Waals surface area contributed by atoms with E-state index in [0.29, 0.717) is 12.6 Å². The lowest BCUT2D eigenvalue weighted by Crippen LogP contribution is -2.22. The smallest absolute Gasteiger partial charge is 0.129 e. The summed E-state index contributed by atoms with van der Waals surface area (Å²) in [6.45, 7) is 4.57. The molecule has 0 bridgehead atoms. The predicted molar refractivity (Wildman–Crippen MR) is 105 cm³/mol. The number of hydrogen-bond acceptors (Lipinski definition) is 5. The second-order valence-electron chi connectivity index (χ2n) is 6.85. The highest BCUT2D eigenvalue weighted by molar-refractivity contribution is 6.22. The first-order valence-corrected chi connectivity index (χ1v) is 9.38. The molecule has 4 heterocycles. The second kappa shape index (κ2) is 6.54. The van der Waals surface area contributed by atoms with Gasteiger partial charge in [-0.05, 0) is 49.7 Å². The van der Waals surface area contributed by atoms with E-state index in [1.807, 2.05) is 54.5 Å². The van der Waals surface area contributed by atoms with Gasteiger partial charge in [0.2, 0.25) is 0 Å². The zero-order valence-corrected chi connectivity index (χ0v) is 15.2. The third-order valence-electron chi connectivity index (χ3n) is 5.17. The van der Waals surface area contributed by atoms with Crippen LogP contribution in [0, 0.1) is 0 Å². The summed E-state index contributed by atoms with van der Waals surface area (Å²) >= 11 is 0. The van der Waals surface area contributed by atoms with E-state index in [-0.39, 0.29) is 0 Å². The molecule has 1 aromatic carbocycles. The van der Waals surface area contributed by atoms with E-state index in [2.05, 4.69) is 32.1 Å². The number of nitrogens with zero attached hydrogens (tertiary/aromatic N) is 5. The van der Waals surface area contributed by atoms with Gasteiger partial charge in [0, 0.05) is 42.8 Å². The van der Waals surface area contributed by atoms with Crippen LogP contribution < -0.4 is 9.64 Å². The molecular formula is C21H21N5O. The molecular weight excluding hydrogens is 338 g/mol. The van der Waals surface area contributed by atoms with E-state index in [0.717, 1.165) is 53.6 Å². The van der Waals surface area contributed by atoms with Gasteiger partial charge in [0.1, 0.15) is 11.6 Å². The number of hydrogen-bond donors (Lipinski definition) is 0. The molecule has 1 atom stereocenters. The quantitative estimate of drug-likeness (QED) is 0.546. The van der Waals surface area contributed by atoms with Crippen molar-refractivity contribution in [2.75, 3.05) is 24.6 Å². The summed E-state index contributed by atoms with van der Waals surface area (Å²) in [6, 6.07) is 12.6. The molecule has 27 heavy (non-hydrogen) atoms. The molecule has 0 amide bonds. The van der Waals surface area contributed by atoms with Gasteiger partial charge < -0.3 is 9.64 Å². The second-order valence-corrected chi connectivity index (χ2v) is 6.85. The lowest BCUT2D eigenvalue weighted by Gasteiger charge is -2.22. The van der Waals surface area contributed by atoms with Crippen LogP contribution in [-0.4, -0.2) is 40.2 Å². The van der Waals surface area contributed by atoms with Crippen molar-refractivity contribution in [3.63, 3.8) is 0 Å². The van der Waals surface area contributed by atoms with Crippen molar-refractivity contribution in [1.29, 1.82) is 0 Å². The Morgan fingerprint density at radius 2 is 2.15 bits per heavy atom. The Hall–Kier alpha value is -3.15. The highest BCUT2D eigenvalue weighted by Gasteiger charge is 2.26. The number of anilines is 1. The number of aliphatic imine (C=N–C) groups is 1. The number of pyridine rings is 1. The van der Waals surface area contributed by atoms with Gasteiger partial charge in [0.25, 0.3) is 0 Å². The normalized spacial score (nSPS) is 18.0. The van der Waals surface area contributed by atoms with Gasteiger partial charge in [-0.25, -0.2) is 9.98 Å². The van der Waals surface area contributed by atoms with Crippen molar-refractivity contribution in [3.8, 4) is 5.75 Å². The average molecular weight is 359 g/mol. The van der Waals surface area contributed by atoms with Crippen molar-refractivity contribution in [1.82, 2.24) is 14.8 Å². The third-order valence-corrected chi connectivity index (χ3v) is 5.17. The fourth-order valence-electron chi connectivity index (χ4n) is 3.81. The molecule has 6 heteroatoms. The Labute approximate surface area is 158 Å². The van der Waals surface area contributed by atoms with Crippen molar-refractivity contribution in [2.24, 2.45) is 4.99 Å². The molecule has 136 valence electrons. The molecule has 3 aromatic rings. The lowest BCUT2D eigenvalue weighted by atomic mass is 9.96. The Morgan fingerprint density at radius 3 is 3.00 bits per heavy atom. The standard InChI is InChI=1S/C21H21N5O/c1-2-27-17-4-5-19-18(13-17)21(24-19)15-6-9-22-20(12-15)25-11-7-16(14-25)26-10-3-8-23-26/h3-6,8-10,12-13,16H,2,7,11,14H2,1H3. The van der Waals surface area contributed by atoms with Crippen LogP contribution in [0.2, 0.25) is 0 Å². The van der Waals surface area contributed by atoms with Gasteiger partial charge in [-0.15, -0.1) is 0 Å². The molecule has 2 aliphatic rings. The molecule has 0 N–H and O–H groups in total. The third kappa shape index (κ3) is 2.87. The first kappa shape index (κ1) is 16.1. The molecule has 6 nitrogen and oxygen atoms in total. The summed E-state index contributed by atoms with van der Waals surface area (Å²) in [7, 11) is 0. The summed E-state index contributed by atoms with van der Waals surface area (Å²) in [5, 5.41) is 4.38. The first-order chi connectivity index (χ1) is 13.3. The van der Waals surface area contributed by atoms with Crippen molar-refractivity contribution >= 4 is 17.2 Å². The maximum absolute atomic E-state index is 5.63. The highest BCUT2D eigenvalue weighted by atomic mass is 16.5. The summed E-state index contributed by atoms with van der Waals surface area (Å²) < 4.78 is 7.68. The van der Waals surface area contributed by atoms with Crippen LogP contribution in [0.3, 0.4) is 0 Å². The highest BCUT2D eigenvalue weighted by Crippen LogP contribution is 2.36. The van der Waals surface area contributed by atoms with Crippen LogP contribution in [0.5, 0.6) is 5.75 Å². The number of benzene rings is 1. The fraction of sp³-hybridized carbons (Fsp3) is 0.286. The maximum atomic E-state index is 5.63. The minimum absolute atomic E-state index is 0.404. The lowest BCUT2D eigenvalue weighted by molar-refractivity contribution is 0.340. The van der Waals surface area contributed by atoms with E-state index in [1.165, 1.54) is 0 Å². The SMILES string of the molecule is CCOc1ccc2c(c1)C(c1ccnc(N3CCC(n4cccn4)C3)c1)=N2. The molecule has 0 spiro atoms. The minimum Gasteiger partial charge on any atom is -0.494 e.